The minimum atomic E-state index is -1.14. The van der Waals surface area contributed by atoms with Crippen LogP contribution in [0.1, 0.15) is 10.6 Å². The molecule has 1 fully saturated rings. The second kappa shape index (κ2) is 4.36. The first-order valence-electron chi connectivity index (χ1n) is 4.34. The third-order valence-corrected chi connectivity index (χ3v) is 3.47. The van der Waals surface area contributed by atoms with E-state index in [0.717, 1.165) is 0 Å². The van der Waals surface area contributed by atoms with Crippen LogP contribution in [0.25, 0.3) is 0 Å². The van der Waals surface area contributed by atoms with Crippen LogP contribution in [-0.2, 0) is 10.3 Å². The van der Waals surface area contributed by atoms with Crippen LogP contribution in [-0.4, -0.2) is 23.5 Å². The Bertz CT molecular complexity index is 435. The number of aryl methyl sites for hydroxylation is 1. The van der Waals surface area contributed by atoms with Crippen molar-refractivity contribution < 1.29 is 9.59 Å². The highest BCUT2D eigenvalue weighted by atomic mass is 35.5. The van der Waals surface area contributed by atoms with Gasteiger partial charge in [0.15, 0.2) is 5.54 Å². The standard InChI is InChI=1S/C8H10N4O2S.ClH/c1-4-5(15-3-10-4)8(2-9)6(13)11-7(14)12-8;/h3H,2,9H2,1H3,(H2,11,12,13,14);1H. The molecule has 2 heterocycles. The van der Waals surface area contributed by atoms with E-state index in [0.29, 0.717) is 10.6 Å². The van der Waals surface area contributed by atoms with Gasteiger partial charge in [0.2, 0.25) is 0 Å². The Labute approximate surface area is 102 Å². The fourth-order valence-corrected chi connectivity index (χ4v) is 2.57. The predicted octanol–water partition coefficient (Wildman–Crippen LogP) is -0.133. The zero-order valence-corrected chi connectivity index (χ0v) is 10.1. The number of imide groups is 1. The number of thiazole rings is 1. The average molecular weight is 263 g/mol. The maximum absolute atomic E-state index is 11.7. The Morgan fingerprint density at radius 1 is 1.56 bits per heavy atom. The number of carbonyl (C=O) groups excluding carboxylic acids is 2. The topological polar surface area (TPSA) is 97.1 Å². The molecule has 1 unspecified atom stereocenters. The van der Waals surface area contributed by atoms with Gasteiger partial charge in [-0.3, -0.25) is 10.1 Å². The molecule has 3 amide bonds. The molecule has 0 bridgehead atoms. The SMILES string of the molecule is Cc1ncsc1C1(CN)NC(=O)NC1=O.Cl. The van der Waals surface area contributed by atoms with Crippen molar-refractivity contribution >= 4 is 35.7 Å². The summed E-state index contributed by atoms with van der Waals surface area (Å²) >= 11 is 1.31. The molecule has 1 aliphatic heterocycles. The lowest BCUT2D eigenvalue weighted by molar-refractivity contribution is -0.123. The molecule has 1 saturated heterocycles. The quantitative estimate of drug-likeness (QED) is 0.647. The molecule has 4 N–H and O–H groups in total. The highest BCUT2D eigenvalue weighted by Crippen LogP contribution is 2.29. The Morgan fingerprint density at radius 3 is 2.62 bits per heavy atom. The Kier molecular flexibility index (Phi) is 3.51. The number of aromatic nitrogens is 1. The molecule has 1 aromatic rings. The maximum atomic E-state index is 11.7. The van der Waals surface area contributed by atoms with Gasteiger partial charge in [0.1, 0.15) is 0 Å². The summed E-state index contributed by atoms with van der Waals surface area (Å²) in [6.07, 6.45) is 0. The first kappa shape index (κ1) is 12.9. The molecular weight excluding hydrogens is 252 g/mol. The largest absolute Gasteiger partial charge is 0.327 e. The van der Waals surface area contributed by atoms with Crippen molar-refractivity contribution in [1.29, 1.82) is 0 Å². The normalized spacial score (nSPS) is 23.6. The number of hydrogen-bond donors (Lipinski definition) is 3. The molecule has 16 heavy (non-hydrogen) atoms. The minimum absolute atomic E-state index is 0. The van der Waals surface area contributed by atoms with E-state index in [1.807, 2.05) is 0 Å². The van der Waals surface area contributed by atoms with E-state index in [4.69, 9.17) is 5.73 Å². The third-order valence-electron chi connectivity index (χ3n) is 2.38. The van der Waals surface area contributed by atoms with Crippen LogP contribution < -0.4 is 16.4 Å². The predicted molar refractivity (Wildman–Crippen MR) is 61.5 cm³/mol. The number of halogens is 1. The summed E-state index contributed by atoms with van der Waals surface area (Å²) in [6, 6.07) is -0.516. The van der Waals surface area contributed by atoms with E-state index in [1.165, 1.54) is 11.3 Å². The monoisotopic (exact) mass is 262 g/mol. The van der Waals surface area contributed by atoms with Crippen LogP contribution in [0.3, 0.4) is 0 Å². The zero-order valence-electron chi connectivity index (χ0n) is 8.44. The van der Waals surface area contributed by atoms with Crippen molar-refractivity contribution in [3.05, 3.63) is 16.1 Å². The summed E-state index contributed by atoms with van der Waals surface area (Å²) < 4.78 is 0. The lowest BCUT2D eigenvalue weighted by Gasteiger charge is -2.22. The van der Waals surface area contributed by atoms with E-state index in [2.05, 4.69) is 15.6 Å². The van der Waals surface area contributed by atoms with Gasteiger partial charge in [0.25, 0.3) is 5.91 Å². The number of carbonyl (C=O) groups is 2. The smallest absolute Gasteiger partial charge is 0.322 e. The summed E-state index contributed by atoms with van der Waals surface area (Å²) in [6.45, 7) is 1.80. The molecule has 8 heteroatoms. The van der Waals surface area contributed by atoms with Crippen molar-refractivity contribution in [2.24, 2.45) is 5.73 Å². The molecule has 1 aromatic heterocycles. The highest BCUT2D eigenvalue weighted by Gasteiger charge is 2.48. The summed E-state index contributed by atoms with van der Waals surface area (Å²) in [5.74, 6) is -0.414. The summed E-state index contributed by atoms with van der Waals surface area (Å²) in [7, 11) is 0. The molecule has 6 nitrogen and oxygen atoms in total. The second-order valence-electron chi connectivity index (χ2n) is 3.28. The summed E-state index contributed by atoms with van der Waals surface area (Å²) in [5, 5.41) is 4.74. The van der Waals surface area contributed by atoms with Crippen molar-refractivity contribution in [3.8, 4) is 0 Å². The molecule has 88 valence electrons. The van der Waals surface area contributed by atoms with Crippen LogP contribution in [0.5, 0.6) is 0 Å². The fraction of sp³-hybridized carbons (Fsp3) is 0.375. The van der Waals surface area contributed by atoms with Gasteiger partial charge in [-0.25, -0.2) is 9.78 Å². The Morgan fingerprint density at radius 2 is 2.25 bits per heavy atom. The summed E-state index contributed by atoms with van der Waals surface area (Å²) in [5.41, 5.74) is 6.78. The lowest BCUT2D eigenvalue weighted by Crippen LogP contribution is -2.49. The van der Waals surface area contributed by atoms with Crippen molar-refractivity contribution in [1.82, 2.24) is 15.6 Å². The average Bonchev–Trinajstić information content (AvgIpc) is 2.71. The van der Waals surface area contributed by atoms with E-state index < -0.39 is 17.5 Å². The fourth-order valence-electron chi connectivity index (χ4n) is 1.60. The molecule has 0 aromatic carbocycles. The van der Waals surface area contributed by atoms with E-state index in [1.54, 1.807) is 12.4 Å². The number of nitrogens with two attached hydrogens (primary N) is 1. The molecule has 1 atom stereocenters. The van der Waals surface area contributed by atoms with Gasteiger partial charge in [0, 0.05) is 6.54 Å². The number of nitrogens with zero attached hydrogens (tertiary/aromatic N) is 1. The molecule has 0 radical (unpaired) electrons. The Balaban J connectivity index is 0.00000128. The van der Waals surface area contributed by atoms with Gasteiger partial charge < -0.3 is 11.1 Å². The van der Waals surface area contributed by atoms with Crippen molar-refractivity contribution in [2.75, 3.05) is 6.54 Å². The van der Waals surface area contributed by atoms with Gasteiger partial charge in [-0.1, -0.05) is 0 Å². The van der Waals surface area contributed by atoms with Gasteiger partial charge in [-0.2, -0.15) is 0 Å². The van der Waals surface area contributed by atoms with Crippen LogP contribution in [0.4, 0.5) is 4.79 Å². The number of hydrogen-bond acceptors (Lipinski definition) is 5. The number of rotatable bonds is 2. The van der Waals surface area contributed by atoms with E-state index in [-0.39, 0.29) is 19.0 Å². The maximum Gasteiger partial charge on any atom is 0.322 e. The molecule has 0 spiro atoms. The van der Waals surface area contributed by atoms with Gasteiger partial charge in [0.05, 0.1) is 16.1 Å². The molecule has 2 rings (SSSR count). The number of urea groups is 1. The van der Waals surface area contributed by atoms with Crippen molar-refractivity contribution in [2.45, 2.75) is 12.5 Å². The molecular formula is C8H11ClN4O2S. The number of nitrogens with one attached hydrogen (secondary N) is 2. The molecule has 0 aliphatic carbocycles. The minimum Gasteiger partial charge on any atom is -0.327 e. The lowest BCUT2D eigenvalue weighted by atomic mass is 9.97. The third kappa shape index (κ3) is 1.66. The van der Waals surface area contributed by atoms with E-state index in [9.17, 15) is 9.59 Å². The van der Waals surface area contributed by atoms with E-state index >= 15 is 0 Å². The van der Waals surface area contributed by atoms with Gasteiger partial charge in [-0.05, 0) is 6.92 Å². The zero-order chi connectivity index (χ0) is 11.1. The van der Waals surface area contributed by atoms with Crippen LogP contribution in [0, 0.1) is 6.92 Å². The first-order valence-corrected chi connectivity index (χ1v) is 5.22. The van der Waals surface area contributed by atoms with Crippen molar-refractivity contribution in [3.63, 3.8) is 0 Å². The number of amides is 3. The Hall–Kier alpha value is -1.18. The first-order chi connectivity index (χ1) is 7.10. The van der Waals surface area contributed by atoms with Gasteiger partial charge >= 0.3 is 6.03 Å². The van der Waals surface area contributed by atoms with Crippen LogP contribution in [0.2, 0.25) is 0 Å². The molecule has 1 aliphatic rings. The highest BCUT2D eigenvalue weighted by molar-refractivity contribution is 7.10. The second-order valence-corrected chi connectivity index (χ2v) is 4.14. The summed E-state index contributed by atoms with van der Waals surface area (Å²) in [4.78, 5) is 27.5. The van der Waals surface area contributed by atoms with Crippen LogP contribution >= 0.6 is 23.7 Å². The van der Waals surface area contributed by atoms with Gasteiger partial charge in [-0.15, -0.1) is 23.7 Å². The molecule has 0 saturated carbocycles. The van der Waals surface area contributed by atoms with Crippen LogP contribution in [0.15, 0.2) is 5.51 Å².